The molecule has 0 aliphatic carbocycles. The SMILES string of the molecule is CC(NC(=O)OCC(Cl)(Cl)Cl)c1ccc([N+](=O)[O-])cc1. The summed E-state index contributed by atoms with van der Waals surface area (Å²) in [6.07, 6.45) is -0.748. The van der Waals surface area contributed by atoms with Gasteiger partial charge in [-0.25, -0.2) is 4.79 Å². The number of hydrogen-bond donors (Lipinski definition) is 1. The molecule has 6 nitrogen and oxygen atoms in total. The maximum absolute atomic E-state index is 11.4. The van der Waals surface area contributed by atoms with Crippen molar-refractivity contribution in [1.82, 2.24) is 5.32 Å². The van der Waals surface area contributed by atoms with Crippen molar-refractivity contribution in [2.75, 3.05) is 6.61 Å². The molecule has 1 aromatic rings. The third-order valence-electron chi connectivity index (χ3n) is 2.31. The molecule has 1 atom stereocenters. The molecule has 0 fully saturated rings. The zero-order chi connectivity index (χ0) is 15.3. The molecule has 1 amide bonds. The van der Waals surface area contributed by atoms with Gasteiger partial charge in [0.1, 0.15) is 6.61 Å². The molecule has 0 saturated carbocycles. The van der Waals surface area contributed by atoms with E-state index in [2.05, 4.69) is 5.32 Å². The molecule has 0 spiro atoms. The molecule has 1 unspecified atom stereocenters. The van der Waals surface area contributed by atoms with E-state index >= 15 is 0 Å². The van der Waals surface area contributed by atoms with E-state index < -0.39 is 20.9 Å². The lowest BCUT2D eigenvalue weighted by Gasteiger charge is -2.16. The number of carbonyl (C=O) groups excluding carboxylic acids is 1. The molecule has 1 N–H and O–H groups in total. The van der Waals surface area contributed by atoms with Gasteiger partial charge in [0.15, 0.2) is 0 Å². The van der Waals surface area contributed by atoms with Crippen LogP contribution < -0.4 is 5.32 Å². The number of nitro benzene ring substituents is 1. The summed E-state index contributed by atoms with van der Waals surface area (Å²) in [7, 11) is 0. The van der Waals surface area contributed by atoms with Crippen LogP contribution in [0.4, 0.5) is 10.5 Å². The van der Waals surface area contributed by atoms with Crippen LogP contribution in [0.3, 0.4) is 0 Å². The summed E-state index contributed by atoms with van der Waals surface area (Å²) in [5.41, 5.74) is 0.654. The van der Waals surface area contributed by atoms with E-state index in [-0.39, 0.29) is 12.3 Å². The first kappa shape index (κ1) is 16.8. The monoisotopic (exact) mass is 340 g/mol. The van der Waals surface area contributed by atoms with Crippen LogP contribution in [0.2, 0.25) is 0 Å². The molecular weight excluding hydrogens is 330 g/mol. The molecule has 0 aromatic heterocycles. The minimum atomic E-state index is -1.67. The molecule has 0 heterocycles. The molecule has 0 aliphatic rings. The zero-order valence-electron chi connectivity index (χ0n) is 10.3. The molecule has 0 bridgehead atoms. The van der Waals surface area contributed by atoms with Gasteiger partial charge in [-0.05, 0) is 12.5 Å². The molecular formula is C11H11Cl3N2O4. The van der Waals surface area contributed by atoms with Gasteiger partial charge in [-0.2, -0.15) is 0 Å². The van der Waals surface area contributed by atoms with E-state index in [9.17, 15) is 14.9 Å². The Morgan fingerprint density at radius 1 is 1.40 bits per heavy atom. The summed E-state index contributed by atoms with van der Waals surface area (Å²) < 4.78 is 3.03. The van der Waals surface area contributed by atoms with Crippen molar-refractivity contribution in [2.45, 2.75) is 16.8 Å². The van der Waals surface area contributed by atoms with E-state index in [1.165, 1.54) is 24.3 Å². The molecule has 1 aromatic carbocycles. The topological polar surface area (TPSA) is 81.5 Å². The van der Waals surface area contributed by atoms with Gasteiger partial charge in [0.05, 0.1) is 11.0 Å². The number of rotatable bonds is 4. The van der Waals surface area contributed by atoms with Crippen LogP contribution in [-0.2, 0) is 4.74 Å². The second-order valence-corrected chi connectivity index (χ2v) is 6.42. The average Bonchev–Trinajstić information content (AvgIpc) is 2.35. The van der Waals surface area contributed by atoms with Gasteiger partial charge in [0.25, 0.3) is 5.69 Å². The lowest BCUT2D eigenvalue weighted by molar-refractivity contribution is -0.384. The highest BCUT2D eigenvalue weighted by molar-refractivity contribution is 6.67. The van der Waals surface area contributed by atoms with Crippen LogP contribution in [0.25, 0.3) is 0 Å². The van der Waals surface area contributed by atoms with Crippen molar-refractivity contribution in [2.24, 2.45) is 0 Å². The van der Waals surface area contributed by atoms with E-state index in [0.29, 0.717) is 5.56 Å². The number of amides is 1. The lowest BCUT2D eigenvalue weighted by atomic mass is 10.1. The summed E-state index contributed by atoms with van der Waals surface area (Å²) >= 11 is 16.3. The van der Waals surface area contributed by atoms with Gasteiger partial charge in [-0.3, -0.25) is 10.1 Å². The Morgan fingerprint density at radius 2 is 1.95 bits per heavy atom. The number of hydrogen-bond acceptors (Lipinski definition) is 4. The summed E-state index contributed by atoms with van der Waals surface area (Å²) in [4.78, 5) is 21.4. The Kier molecular flexibility index (Phi) is 5.86. The van der Waals surface area contributed by atoms with Crippen molar-refractivity contribution < 1.29 is 14.5 Å². The van der Waals surface area contributed by atoms with E-state index in [0.717, 1.165) is 0 Å². The van der Waals surface area contributed by atoms with Crippen molar-refractivity contribution in [3.05, 3.63) is 39.9 Å². The number of alkyl halides is 3. The highest BCUT2D eigenvalue weighted by Gasteiger charge is 2.22. The number of carbonyl (C=O) groups is 1. The van der Waals surface area contributed by atoms with Crippen LogP contribution in [0.5, 0.6) is 0 Å². The van der Waals surface area contributed by atoms with E-state index in [1.54, 1.807) is 6.92 Å². The van der Waals surface area contributed by atoms with Crippen LogP contribution >= 0.6 is 34.8 Å². The first-order valence-electron chi connectivity index (χ1n) is 5.43. The van der Waals surface area contributed by atoms with Gasteiger partial charge in [-0.1, -0.05) is 46.9 Å². The van der Waals surface area contributed by atoms with Crippen molar-refractivity contribution in [3.8, 4) is 0 Å². The fourth-order valence-corrected chi connectivity index (χ4v) is 1.50. The smallest absolute Gasteiger partial charge is 0.407 e. The Morgan fingerprint density at radius 3 is 2.40 bits per heavy atom. The number of halogens is 3. The normalized spacial score (nSPS) is 12.6. The molecule has 9 heteroatoms. The standard InChI is InChI=1S/C11H11Cl3N2O4/c1-7(15-10(17)20-6-11(12,13)14)8-2-4-9(5-3-8)16(18)19/h2-5,7H,6H2,1H3,(H,15,17). The molecule has 0 saturated heterocycles. The van der Waals surface area contributed by atoms with Crippen LogP contribution in [0.1, 0.15) is 18.5 Å². The fourth-order valence-electron chi connectivity index (χ4n) is 1.33. The highest BCUT2D eigenvalue weighted by atomic mass is 35.6. The average molecular weight is 342 g/mol. The lowest BCUT2D eigenvalue weighted by Crippen LogP contribution is -2.30. The summed E-state index contributed by atoms with van der Waals surface area (Å²) in [6.45, 7) is 1.31. The van der Waals surface area contributed by atoms with Gasteiger partial charge in [0, 0.05) is 12.1 Å². The van der Waals surface area contributed by atoms with Crippen LogP contribution in [0, 0.1) is 10.1 Å². The molecule has 1 rings (SSSR count). The number of ether oxygens (including phenoxy) is 1. The Balaban J connectivity index is 2.55. The molecule has 110 valence electrons. The number of non-ortho nitro benzene ring substituents is 1. The number of nitrogens with zero attached hydrogens (tertiary/aromatic N) is 1. The first-order chi connectivity index (χ1) is 9.19. The minimum absolute atomic E-state index is 0.0280. The Labute approximate surface area is 130 Å². The Hall–Kier alpha value is -1.24. The molecule has 20 heavy (non-hydrogen) atoms. The quantitative estimate of drug-likeness (QED) is 0.513. The number of nitro groups is 1. The number of benzene rings is 1. The second-order valence-electron chi connectivity index (χ2n) is 3.91. The van der Waals surface area contributed by atoms with Gasteiger partial charge >= 0.3 is 6.09 Å². The predicted octanol–water partition coefficient (Wildman–Crippen LogP) is 3.75. The summed E-state index contributed by atoms with van der Waals surface area (Å²) in [5.74, 6) is 0. The van der Waals surface area contributed by atoms with E-state index in [4.69, 9.17) is 39.5 Å². The zero-order valence-corrected chi connectivity index (χ0v) is 12.6. The van der Waals surface area contributed by atoms with Crippen LogP contribution in [-0.4, -0.2) is 21.4 Å². The third kappa shape index (κ3) is 5.81. The summed E-state index contributed by atoms with van der Waals surface area (Å²) in [6, 6.07) is 5.37. The Bertz CT molecular complexity index is 487. The maximum atomic E-state index is 11.4. The van der Waals surface area contributed by atoms with Gasteiger partial charge in [-0.15, -0.1) is 0 Å². The molecule has 0 radical (unpaired) electrons. The van der Waals surface area contributed by atoms with Crippen molar-refractivity contribution >= 4 is 46.6 Å². The number of alkyl carbamates (subject to hydrolysis) is 1. The highest BCUT2D eigenvalue weighted by Crippen LogP contribution is 2.26. The predicted molar refractivity (Wildman–Crippen MR) is 76.3 cm³/mol. The first-order valence-corrected chi connectivity index (χ1v) is 6.57. The third-order valence-corrected chi connectivity index (χ3v) is 2.63. The maximum Gasteiger partial charge on any atom is 0.407 e. The van der Waals surface area contributed by atoms with E-state index in [1.807, 2.05) is 0 Å². The summed E-state index contributed by atoms with van der Waals surface area (Å²) in [5, 5.41) is 13.0. The second kappa shape index (κ2) is 6.97. The largest absolute Gasteiger partial charge is 0.445 e. The fraction of sp³-hybridized carbons (Fsp3) is 0.364. The van der Waals surface area contributed by atoms with Crippen LogP contribution in [0.15, 0.2) is 24.3 Å². The minimum Gasteiger partial charge on any atom is -0.445 e. The van der Waals surface area contributed by atoms with Gasteiger partial charge in [0.2, 0.25) is 3.79 Å². The number of nitrogens with one attached hydrogen (secondary N) is 1. The van der Waals surface area contributed by atoms with Crippen molar-refractivity contribution in [3.63, 3.8) is 0 Å². The molecule has 0 aliphatic heterocycles. The van der Waals surface area contributed by atoms with Gasteiger partial charge < -0.3 is 10.1 Å². The van der Waals surface area contributed by atoms with Crippen molar-refractivity contribution in [1.29, 1.82) is 0 Å².